The Bertz CT molecular complexity index is 2290. The van der Waals surface area contributed by atoms with Gasteiger partial charge in [-0.3, -0.25) is 18.4 Å². The van der Waals surface area contributed by atoms with E-state index in [0.29, 0.717) is 29.0 Å². The van der Waals surface area contributed by atoms with Crippen molar-refractivity contribution in [2.75, 3.05) is 67.1 Å². The zero-order chi connectivity index (χ0) is 42.3. The fraction of sp³-hybridized carbons (Fsp3) is 0.289. The molecule has 0 N–H and O–H groups in total. The second kappa shape index (κ2) is 21.5. The number of carbonyl (C=O) groups is 2. The van der Waals surface area contributed by atoms with Gasteiger partial charge in [-0.2, -0.15) is 0 Å². The minimum Gasteiger partial charge on any atom is -0.465 e. The maximum Gasteiger partial charge on any atom is 0.337 e. The quantitative estimate of drug-likeness (QED) is 0.102. The molecule has 0 aromatic heterocycles. The SMILES string of the molecule is CCS(=O)(=O)N(Cc1ccc(C(=O)OC)cc1)c1ccccc1.COC(=O)c1ccc(CN(c2ccccc2)S(=O)(=O)CCN2CCN(Cc3ccccc3)CC2)cc1. The number of hydrogen-bond donors (Lipinski definition) is 0. The molecule has 1 saturated heterocycles. The molecule has 0 radical (unpaired) electrons. The lowest BCUT2D eigenvalue weighted by molar-refractivity contribution is 0.0592. The second-order valence-electron chi connectivity index (χ2n) is 13.9. The number of benzene rings is 5. The zero-order valence-electron chi connectivity index (χ0n) is 33.7. The monoisotopic (exact) mass is 840 g/mol. The highest BCUT2D eigenvalue weighted by atomic mass is 32.2. The Morgan fingerprint density at radius 1 is 0.525 bits per heavy atom. The lowest BCUT2D eigenvalue weighted by Crippen LogP contribution is -2.48. The van der Waals surface area contributed by atoms with Gasteiger partial charge in [0.2, 0.25) is 20.0 Å². The first-order valence-electron chi connectivity index (χ1n) is 19.4. The third-order valence-corrected chi connectivity index (χ3v) is 13.4. The molecule has 12 nitrogen and oxygen atoms in total. The van der Waals surface area contributed by atoms with Crippen LogP contribution in [-0.2, 0) is 49.2 Å². The molecule has 1 aliphatic rings. The molecule has 6 rings (SSSR count). The molecular weight excluding hydrogens is 789 g/mol. The van der Waals surface area contributed by atoms with Crippen molar-refractivity contribution in [2.45, 2.75) is 26.6 Å². The van der Waals surface area contributed by atoms with Crippen LogP contribution in [0.2, 0.25) is 0 Å². The Balaban J connectivity index is 0.000000248. The van der Waals surface area contributed by atoms with Gasteiger partial charge in [0, 0.05) is 39.3 Å². The Morgan fingerprint density at radius 2 is 0.915 bits per heavy atom. The number of hydrogen-bond acceptors (Lipinski definition) is 10. The molecule has 1 fully saturated rings. The number of para-hydroxylation sites is 2. The van der Waals surface area contributed by atoms with Gasteiger partial charge in [-0.05, 0) is 72.1 Å². The van der Waals surface area contributed by atoms with E-state index in [4.69, 9.17) is 4.74 Å². The topological polar surface area (TPSA) is 134 Å². The minimum absolute atomic E-state index is 0.0160. The van der Waals surface area contributed by atoms with Crippen molar-refractivity contribution in [2.24, 2.45) is 0 Å². The lowest BCUT2D eigenvalue weighted by Gasteiger charge is -2.35. The second-order valence-corrected chi connectivity index (χ2v) is 18.1. The van der Waals surface area contributed by atoms with Crippen molar-refractivity contribution < 1.29 is 35.9 Å². The summed E-state index contributed by atoms with van der Waals surface area (Å²) in [4.78, 5) is 27.8. The number of carbonyl (C=O) groups excluding carboxylic acids is 2. The highest BCUT2D eigenvalue weighted by Gasteiger charge is 2.26. The molecule has 0 aliphatic carbocycles. The average molecular weight is 841 g/mol. The van der Waals surface area contributed by atoms with Crippen LogP contribution in [0.3, 0.4) is 0 Å². The fourth-order valence-corrected chi connectivity index (χ4v) is 9.07. The van der Waals surface area contributed by atoms with E-state index in [1.165, 1.54) is 28.4 Å². The summed E-state index contributed by atoms with van der Waals surface area (Å²) in [5.74, 6) is -0.779. The van der Waals surface area contributed by atoms with Gasteiger partial charge in [-0.1, -0.05) is 91.0 Å². The van der Waals surface area contributed by atoms with Gasteiger partial charge in [0.1, 0.15) is 0 Å². The molecule has 0 spiro atoms. The summed E-state index contributed by atoms with van der Waals surface area (Å²) in [6, 6.07) is 42.1. The molecule has 0 bridgehead atoms. The van der Waals surface area contributed by atoms with Crippen LogP contribution in [0.4, 0.5) is 11.4 Å². The highest BCUT2D eigenvalue weighted by Crippen LogP contribution is 2.23. The standard InChI is InChI=1S/C28H33N3O4S.C17H19NO4S/c1-35-28(32)26-14-12-25(13-15-26)23-31(27-10-6-3-7-11-27)36(33,34)21-20-29-16-18-30(19-17-29)22-24-8-4-2-5-9-24;1-3-23(20,21)18(16-7-5-4-6-8-16)13-14-9-11-15(12-10-14)17(19)22-2/h2-15H,16-23H2,1H3;4-12H,3,13H2,1-2H3. The number of anilines is 2. The number of nitrogens with zero attached hydrogens (tertiary/aromatic N) is 4. The largest absolute Gasteiger partial charge is 0.465 e. The number of piperazine rings is 1. The summed E-state index contributed by atoms with van der Waals surface area (Å²) in [5, 5.41) is 0. The summed E-state index contributed by atoms with van der Waals surface area (Å²) in [7, 11) is -4.32. The molecule has 14 heteroatoms. The van der Waals surface area contributed by atoms with Crippen LogP contribution in [0.25, 0.3) is 0 Å². The molecule has 312 valence electrons. The molecule has 0 unspecified atom stereocenters. The predicted octanol–water partition coefficient (Wildman–Crippen LogP) is 6.46. The first-order chi connectivity index (χ1) is 28.4. The number of esters is 2. The number of ether oxygens (including phenoxy) is 2. The first-order valence-corrected chi connectivity index (χ1v) is 22.6. The van der Waals surface area contributed by atoms with Crippen molar-refractivity contribution in [1.82, 2.24) is 9.80 Å². The summed E-state index contributed by atoms with van der Waals surface area (Å²) >= 11 is 0. The molecule has 5 aromatic carbocycles. The maximum atomic E-state index is 13.5. The molecule has 1 aliphatic heterocycles. The molecule has 5 aromatic rings. The van der Waals surface area contributed by atoms with Gasteiger partial charge >= 0.3 is 11.9 Å². The van der Waals surface area contributed by atoms with Crippen LogP contribution in [0.1, 0.15) is 44.3 Å². The van der Waals surface area contributed by atoms with E-state index >= 15 is 0 Å². The minimum atomic E-state index is -3.58. The van der Waals surface area contributed by atoms with Crippen LogP contribution in [-0.4, -0.2) is 97.0 Å². The summed E-state index contributed by atoms with van der Waals surface area (Å²) in [5.41, 5.74) is 4.99. The summed E-state index contributed by atoms with van der Waals surface area (Å²) in [6.45, 7) is 6.97. The van der Waals surface area contributed by atoms with E-state index in [1.54, 1.807) is 79.7 Å². The van der Waals surface area contributed by atoms with E-state index in [2.05, 4.69) is 38.8 Å². The van der Waals surface area contributed by atoms with Gasteiger partial charge < -0.3 is 9.47 Å². The predicted molar refractivity (Wildman–Crippen MR) is 232 cm³/mol. The van der Waals surface area contributed by atoms with E-state index in [0.717, 1.165) is 43.9 Å². The van der Waals surface area contributed by atoms with Crippen molar-refractivity contribution in [3.8, 4) is 0 Å². The normalized spacial score (nSPS) is 13.4. The average Bonchev–Trinajstić information content (AvgIpc) is 3.28. The highest BCUT2D eigenvalue weighted by molar-refractivity contribution is 7.93. The molecule has 0 amide bonds. The van der Waals surface area contributed by atoms with Crippen LogP contribution in [0, 0.1) is 0 Å². The third-order valence-electron chi connectivity index (χ3n) is 9.91. The summed E-state index contributed by atoms with van der Waals surface area (Å²) < 4.78 is 64.0. The Kier molecular flexibility index (Phi) is 16.2. The Morgan fingerprint density at radius 3 is 1.32 bits per heavy atom. The van der Waals surface area contributed by atoms with Crippen molar-refractivity contribution in [3.05, 3.63) is 167 Å². The molecule has 1 heterocycles. The van der Waals surface area contributed by atoms with Gasteiger partial charge in [0.05, 0.1) is 61.3 Å². The zero-order valence-corrected chi connectivity index (χ0v) is 35.4. The van der Waals surface area contributed by atoms with Crippen molar-refractivity contribution in [1.29, 1.82) is 0 Å². The third kappa shape index (κ3) is 13.0. The van der Waals surface area contributed by atoms with Gasteiger partial charge in [-0.25, -0.2) is 26.4 Å². The Hall–Kier alpha value is -5.54. The van der Waals surface area contributed by atoms with Gasteiger partial charge in [0.25, 0.3) is 0 Å². The van der Waals surface area contributed by atoms with Gasteiger partial charge in [-0.15, -0.1) is 0 Å². The van der Waals surface area contributed by atoms with Gasteiger partial charge in [0.15, 0.2) is 0 Å². The smallest absolute Gasteiger partial charge is 0.337 e. The van der Waals surface area contributed by atoms with E-state index < -0.39 is 32.0 Å². The van der Waals surface area contributed by atoms with Crippen LogP contribution < -0.4 is 8.61 Å². The number of methoxy groups -OCH3 is 2. The summed E-state index contributed by atoms with van der Waals surface area (Å²) in [6.07, 6.45) is 0. The lowest BCUT2D eigenvalue weighted by atomic mass is 10.1. The van der Waals surface area contributed by atoms with E-state index in [9.17, 15) is 26.4 Å². The fourth-order valence-electron chi connectivity index (χ4n) is 6.47. The number of rotatable bonds is 16. The van der Waals surface area contributed by atoms with Crippen molar-refractivity contribution >= 4 is 43.4 Å². The van der Waals surface area contributed by atoms with Crippen molar-refractivity contribution in [3.63, 3.8) is 0 Å². The number of sulfonamides is 2. The Labute approximate surface area is 348 Å². The van der Waals surface area contributed by atoms with E-state index in [1.807, 2.05) is 42.5 Å². The molecule has 0 atom stereocenters. The van der Waals surface area contributed by atoms with Crippen LogP contribution in [0.15, 0.2) is 140 Å². The maximum absolute atomic E-state index is 13.5. The van der Waals surface area contributed by atoms with Crippen LogP contribution >= 0.6 is 0 Å². The molecule has 0 saturated carbocycles. The molecule has 59 heavy (non-hydrogen) atoms. The van der Waals surface area contributed by atoms with E-state index in [-0.39, 0.29) is 24.6 Å². The first kappa shape index (κ1) is 44.6. The van der Waals surface area contributed by atoms with Crippen LogP contribution in [0.5, 0.6) is 0 Å². The molecular formula is C45H52N4O8S2.